The summed E-state index contributed by atoms with van der Waals surface area (Å²) in [4.78, 5) is 23.5. The van der Waals surface area contributed by atoms with E-state index >= 15 is 0 Å². The molecule has 23 heavy (non-hydrogen) atoms. The molecule has 2 heterocycles. The zero-order valence-corrected chi connectivity index (χ0v) is 13.0. The average molecular weight is 316 g/mol. The van der Waals surface area contributed by atoms with E-state index in [4.69, 9.17) is 5.11 Å². The smallest absolute Gasteiger partial charge is 0.306 e. The molecule has 2 aromatic heterocycles. The summed E-state index contributed by atoms with van der Waals surface area (Å²) in [7, 11) is 1.80. The molecule has 0 aliphatic heterocycles. The molecule has 1 fully saturated rings. The molecule has 1 aliphatic rings. The van der Waals surface area contributed by atoms with Crippen LogP contribution in [0.5, 0.6) is 0 Å². The van der Waals surface area contributed by atoms with E-state index < -0.39 is 5.97 Å². The molecule has 0 unspecified atom stereocenters. The van der Waals surface area contributed by atoms with Crippen molar-refractivity contribution in [2.75, 3.05) is 0 Å². The van der Waals surface area contributed by atoms with Gasteiger partial charge < -0.3 is 15.0 Å². The Labute approximate surface area is 133 Å². The van der Waals surface area contributed by atoms with Gasteiger partial charge in [-0.3, -0.25) is 14.3 Å². The van der Waals surface area contributed by atoms with Crippen LogP contribution in [0.2, 0.25) is 0 Å². The monoisotopic (exact) mass is 316 g/mol. The Morgan fingerprint density at radius 1 is 1.22 bits per heavy atom. The quantitative estimate of drug-likeness (QED) is 0.896. The fourth-order valence-corrected chi connectivity index (χ4v) is 3.12. The number of aliphatic carboxylic acids is 1. The topological polar surface area (TPSA) is 89.2 Å². The number of carbonyl (C=O) groups excluding carboxylic acids is 1. The summed E-state index contributed by atoms with van der Waals surface area (Å²) in [5.74, 6) is -0.471. The number of carboxylic acids is 1. The standard InChI is InChI=1S/C16H20N4O3/c1-19-15(20-8-2-3-9-20)13(10-17-19)14(21)18-12-6-4-11(5-7-12)16(22)23/h2-3,8-12H,4-7H2,1H3,(H,18,21)(H,22,23). The van der Waals surface area contributed by atoms with E-state index in [0.717, 1.165) is 0 Å². The van der Waals surface area contributed by atoms with Crippen molar-refractivity contribution in [3.63, 3.8) is 0 Å². The minimum absolute atomic E-state index is 0.0239. The van der Waals surface area contributed by atoms with Gasteiger partial charge in [0.15, 0.2) is 0 Å². The van der Waals surface area contributed by atoms with E-state index in [9.17, 15) is 9.59 Å². The van der Waals surface area contributed by atoms with Gasteiger partial charge in [0.1, 0.15) is 11.4 Å². The first-order chi connectivity index (χ1) is 11.1. The second-order valence-electron chi connectivity index (χ2n) is 5.96. The number of aryl methyl sites for hydroxylation is 1. The van der Waals surface area contributed by atoms with Gasteiger partial charge in [0.05, 0.1) is 12.1 Å². The minimum atomic E-state index is -0.739. The zero-order chi connectivity index (χ0) is 16.4. The van der Waals surface area contributed by atoms with E-state index in [1.54, 1.807) is 17.9 Å². The van der Waals surface area contributed by atoms with Crippen LogP contribution < -0.4 is 5.32 Å². The normalized spacial score (nSPS) is 21.1. The maximum atomic E-state index is 12.6. The molecule has 7 heteroatoms. The SMILES string of the molecule is Cn1ncc(C(=O)NC2CCC(C(=O)O)CC2)c1-n1cccc1. The van der Waals surface area contributed by atoms with E-state index in [-0.39, 0.29) is 17.9 Å². The molecule has 0 aromatic carbocycles. The molecule has 0 spiro atoms. The molecule has 122 valence electrons. The number of aromatic nitrogens is 3. The lowest BCUT2D eigenvalue weighted by molar-refractivity contribution is -0.142. The highest BCUT2D eigenvalue weighted by molar-refractivity contribution is 5.97. The first kappa shape index (κ1) is 15.3. The second kappa shape index (κ2) is 6.28. The van der Waals surface area contributed by atoms with Gasteiger partial charge in [-0.15, -0.1) is 0 Å². The molecule has 1 amide bonds. The van der Waals surface area contributed by atoms with Gasteiger partial charge >= 0.3 is 5.97 Å². The fraction of sp³-hybridized carbons (Fsp3) is 0.438. The maximum Gasteiger partial charge on any atom is 0.306 e. The average Bonchev–Trinajstić information content (AvgIpc) is 3.16. The molecule has 2 aromatic rings. The third kappa shape index (κ3) is 3.13. The van der Waals surface area contributed by atoms with Crippen LogP contribution in [-0.4, -0.2) is 37.4 Å². The van der Waals surface area contributed by atoms with Gasteiger partial charge in [-0.2, -0.15) is 5.10 Å². The van der Waals surface area contributed by atoms with Crippen LogP contribution in [0.4, 0.5) is 0 Å². The zero-order valence-electron chi connectivity index (χ0n) is 13.0. The van der Waals surface area contributed by atoms with Gasteiger partial charge in [-0.1, -0.05) is 0 Å². The highest BCUT2D eigenvalue weighted by Gasteiger charge is 2.28. The summed E-state index contributed by atoms with van der Waals surface area (Å²) in [6.07, 6.45) is 7.91. The van der Waals surface area contributed by atoms with Gasteiger partial charge in [-0.25, -0.2) is 0 Å². The molecular formula is C16H20N4O3. The number of amides is 1. The predicted octanol–water partition coefficient (Wildman–Crippen LogP) is 1.58. The van der Waals surface area contributed by atoms with Crippen molar-refractivity contribution in [3.8, 4) is 5.82 Å². The third-order valence-corrected chi connectivity index (χ3v) is 4.41. The molecule has 2 N–H and O–H groups in total. The Hall–Kier alpha value is -2.57. The van der Waals surface area contributed by atoms with Crippen LogP contribution in [0.15, 0.2) is 30.7 Å². The van der Waals surface area contributed by atoms with Crippen LogP contribution in [0, 0.1) is 5.92 Å². The van der Waals surface area contributed by atoms with Crippen LogP contribution in [0.25, 0.3) is 5.82 Å². The van der Waals surface area contributed by atoms with E-state index in [1.165, 1.54) is 0 Å². The second-order valence-corrected chi connectivity index (χ2v) is 5.96. The molecule has 0 atom stereocenters. The minimum Gasteiger partial charge on any atom is -0.481 e. The lowest BCUT2D eigenvalue weighted by Gasteiger charge is -2.26. The van der Waals surface area contributed by atoms with Crippen molar-refractivity contribution >= 4 is 11.9 Å². The van der Waals surface area contributed by atoms with E-state index in [1.807, 2.05) is 29.1 Å². The summed E-state index contributed by atoms with van der Waals surface area (Å²) < 4.78 is 3.51. The maximum absolute atomic E-state index is 12.6. The number of hydrogen-bond acceptors (Lipinski definition) is 3. The van der Waals surface area contributed by atoms with Crippen molar-refractivity contribution in [1.82, 2.24) is 19.7 Å². The van der Waals surface area contributed by atoms with Crippen LogP contribution in [-0.2, 0) is 11.8 Å². The summed E-state index contributed by atoms with van der Waals surface area (Å²) in [6, 6.07) is 3.81. The number of carbonyl (C=O) groups is 2. The summed E-state index contributed by atoms with van der Waals surface area (Å²) >= 11 is 0. The van der Waals surface area contributed by atoms with Crippen molar-refractivity contribution in [2.45, 2.75) is 31.7 Å². The number of hydrogen-bond donors (Lipinski definition) is 2. The summed E-state index contributed by atoms with van der Waals surface area (Å²) in [5, 5.41) is 16.2. The van der Waals surface area contributed by atoms with Crippen LogP contribution in [0.3, 0.4) is 0 Å². The van der Waals surface area contributed by atoms with Gasteiger partial charge in [0, 0.05) is 25.5 Å². The van der Waals surface area contributed by atoms with E-state index in [2.05, 4.69) is 10.4 Å². The lowest BCUT2D eigenvalue weighted by Crippen LogP contribution is -2.39. The Morgan fingerprint density at radius 2 is 1.87 bits per heavy atom. The van der Waals surface area contributed by atoms with Crippen molar-refractivity contribution in [2.24, 2.45) is 13.0 Å². The lowest BCUT2D eigenvalue weighted by atomic mass is 9.86. The summed E-state index contributed by atoms with van der Waals surface area (Å²) in [5.41, 5.74) is 0.518. The summed E-state index contributed by atoms with van der Waals surface area (Å²) in [6.45, 7) is 0. The van der Waals surface area contributed by atoms with Gasteiger partial charge in [0.2, 0.25) is 0 Å². The van der Waals surface area contributed by atoms with Crippen molar-refractivity contribution < 1.29 is 14.7 Å². The van der Waals surface area contributed by atoms with E-state index in [0.29, 0.717) is 37.1 Å². The number of nitrogens with zero attached hydrogens (tertiary/aromatic N) is 3. The Bertz CT molecular complexity index is 697. The first-order valence-corrected chi connectivity index (χ1v) is 7.75. The first-order valence-electron chi connectivity index (χ1n) is 7.75. The number of carboxylic acid groups (broad SMARTS) is 1. The Kier molecular flexibility index (Phi) is 4.18. The predicted molar refractivity (Wildman–Crippen MR) is 83.4 cm³/mol. The van der Waals surface area contributed by atoms with Gasteiger partial charge in [0.25, 0.3) is 5.91 Å². The molecular weight excluding hydrogens is 296 g/mol. The van der Waals surface area contributed by atoms with Crippen LogP contribution >= 0.6 is 0 Å². The van der Waals surface area contributed by atoms with Crippen LogP contribution in [0.1, 0.15) is 36.0 Å². The largest absolute Gasteiger partial charge is 0.481 e. The van der Waals surface area contributed by atoms with Crippen molar-refractivity contribution in [1.29, 1.82) is 0 Å². The highest BCUT2D eigenvalue weighted by atomic mass is 16.4. The number of rotatable bonds is 4. The third-order valence-electron chi connectivity index (χ3n) is 4.41. The molecule has 0 radical (unpaired) electrons. The van der Waals surface area contributed by atoms with Gasteiger partial charge in [-0.05, 0) is 37.8 Å². The number of nitrogens with one attached hydrogen (secondary N) is 1. The molecule has 0 saturated heterocycles. The highest BCUT2D eigenvalue weighted by Crippen LogP contribution is 2.25. The Balaban J connectivity index is 1.69. The molecule has 1 aliphatic carbocycles. The Morgan fingerprint density at radius 3 is 2.48 bits per heavy atom. The van der Waals surface area contributed by atoms with Crippen molar-refractivity contribution in [3.05, 3.63) is 36.3 Å². The molecule has 1 saturated carbocycles. The molecule has 0 bridgehead atoms. The molecule has 7 nitrogen and oxygen atoms in total. The fourth-order valence-electron chi connectivity index (χ4n) is 3.12. The molecule has 3 rings (SSSR count).